The zero-order valence-electron chi connectivity index (χ0n) is 13.7. The number of furan rings is 1. The Bertz CT molecular complexity index is 687. The zero-order valence-corrected chi connectivity index (χ0v) is 13.7. The van der Waals surface area contributed by atoms with Crippen LogP contribution in [-0.2, 0) is 0 Å². The fourth-order valence-electron chi connectivity index (χ4n) is 2.84. The van der Waals surface area contributed by atoms with Gasteiger partial charge in [0, 0.05) is 37.4 Å². The second-order valence-corrected chi connectivity index (χ2v) is 5.76. The van der Waals surface area contributed by atoms with Crippen LogP contribution >= 0.6 is 0 Å². The van der Waals surface area contributed by atoms with Crippen LogP contribution in [0.1, 0.15) is 20.9 Å². The van der Waals surface area contributed by atoms with Gasteiger partial charge in [-0.25, -0.2) is 0 Å². The van der Waals surface area contributed by atoms with Gasteiger partial charge in [0.2, 0.25) is 0 Å². The van der Waals surface area contributed by atoms with E-state index < -0.39 is 0 Å². The van der Waals surface area contributed by atoms with E-state index in [-0.39, 0.29) is 11.7 Å². The Morgan fingerprint density at radius 1 is 1.08 bits per heavy atom. The SMILES string of the molecule is CNCC(=O)c1ccc(N2CCN(C(=O)c3ccco3)CC2)cc1. The molecule has 0 bridgehead atoms. The van der Waals surface area contributed by atoms with E-state index in [9.17, 15) is 9.59 Å². The van der Waals surface area contributed by atoms with E-state index in [1.807, 2.05) is 24.3 Å². The molecule has 1 saturated heterocycles. The summed E-state index contributed by atoms with van der Waals surface area (Å²) in [7, 11) is 1.76. The van der Waals surface area contributed by atoms with Crippen molar-refractivity contribution in [3.05, 3.63) is 54.0 Å². The molecule has 1 amide bonds. The molecule has 2 heterocycles. The molecule has 1 aliphatic heterocycles. The quantitative estimate of drug-likeness (QED) is 0.846. The van der Waals surface area contributed by atoms with E-state index in [0.29, 0.717) is 31.0 Å². The average molecular weight is 327 g/mol. The number of rotatable bonds is 5. The van der Waals surface area contributed by atoms with Crippen LogP contribution in [0.5, 0.6) is 0 Å². The van der Waals surface area contributed by atoms with Crippen LogP contribution in [0, 0.1) is 0 Å². The molecule has 0 radical (unpaired) electrons. The number of Topliss-reactive ketones (excluding diaryl/α,β-unsaturated/α-hetero) is 1. The predicted octanol–water partition coefficient (Wildman–Crippen LogP) is 1.64. The summed E-state index contributed by atoms with van der Waals surface area (Å²) in [5.41, 5.74) is 1.78. The highest BCUT2D eigenvalue weighted by atomic mass is 16.3. The van der Waals surface area contributed by atoms with Crippen LogP contribution in [0.25, 0.3) is 0 Å². The number of likely N-dealkylation sites (N-methyl/N-ethyl adjacent to an activating group) is 1. The first kappa shape index (κ1) is 16.3. The van der Waals surface area contributed by atoms with Crippen molar-refractivity contribution in [3.8, 4) is 0 Å². The van der Waals surface area contributed by atoms with Gasteiger partial charge >= 0.3 is 0 Å². The molecule has 3 rings (SSSR count). The number of nitrogens with zero attached hydrogens (tertiary/aromatic N) is 2. The Balaban J connectivity index is 1.58. The molecule has 1 aromatic heterocycles. The van der Waals surface area contributed by atoms with Crippen molar-refractivity contribution >= 4 is 17.4 Å². The summed E-state index contributed by atoms with van der Waals surface area (Å²) in [5.74, 6) is 0.404. The van der Waals surface area contributed by atoms with Gasteiger partial charge in [-0.15, -0.1) is 0 Å². The van der Waals surface area contributed by atoms with Gasteiger partial charge in [0.15, 0.2) is 11.5 Å². The zero-order chi connectivity index (χ0) is 16.9. The number of anilines is 1. The number of carbonyl (C=O) groups excluding carboxylic acids is 2. The minimum atomic E-state index is -0.0624. The standard InChI is InChI=1S/C18H21N3O3/c1-19-13-16(22)14-4-6-15(7-5-14)20-8-10-21(11-9-20)18(23)17-3-2-12-24-17/h2-7,12,19H,8-11,13H2,1H3. The van der Waals surface area contributed by atoms with Gasteiger partial charge in [-0.2, -0.15) is 0 Å². The summed E-state index contributed by atoms with van der Waals surface area (Å²) >= 11 is 0. The molecule has 1 aromatic carbocycles. The lowest BCUT2D eigenvalue weighted by Gasteiger charge is -2.35. The Kier molecular flexibility index (Phi) is 4.96. The lowest BCUT2D eigenvalue weighted by molar-refractivity contribution is 0.0714. The molecule has 0 spiro atoms. The molecule has 6 nitrogen and oxygen atoms in total. The fraction of sp³-hybridized carbons (Fsp3) is 0.333. The van der Waals surface area contributed by atoms with Crippen LogP contribution in [-0.4, -0.2) is 56.4 Å². The van der Waals surface area contributed by atoms with Gasteiger partial charge in [-0.3, -0.25) is 9.59 Å². The Labute approximate surface area is 141 Å². The second-order valence-electron chi connectivity index (χ2n) is 5.76. The molecule has 24 heavy (non-hydrogen) atoms. The highest BCUT2D eigenvalue weighted by Crippen LogP contribution is 2.18. The Morgan fingerprint density at radius 3 is 2.38 bits per heavy atom. The number of nitrogens with one attached hydrogen (secondary N) is 1. The molecule has 1 fully saturated rings. The summed E-state index contributed by atoms with van der Waals surface area (Å²) in [6.07, 6.45) is 1.51. The van der Waals surface area contributed by atoms with E-state index >= 15 is 0 Å². The van der Waals surface area contributed by atoms with Crippen LogP contribution in [0.15, 0.2) is 47.1 Å². The molecule has 1 aliphatic rings. The maximum atomic E-state index is 12.3. The highest BCUT2D eigenvalue weighted by molar-refractivity contribution is 5.97. The molecule has 0 aliphatic carbocycles. The van der Waals surface area contributed by atoms with E-state index in [1.54, 1.807) is 24.1 Å². The summed E-state index contributed by atoms with van der Waals surface area (Å²) in [6, 6.07) is 11.1. The van der Waals surface area contributed by atoms with Crippen molar-refractivity contribution < 1.29 is 14.0 Å². The summed E-state index contributed by atoms with van der Waals surface area (Å²) in [4.78, 5) is 28.1. The third kappa shape index (κ3) is 3.49. The predicted molar refractivity (Wildman–Crippen MR) is 91.5 cm³/mol. The summed E-state index contributed by atoms with van der Waals surface area (Å²) < 4.78 is 5.17. The van der Waals surface area contributed by atoms with Gasteiger partial charge in [-0.05, 0) is 43.4 Å². The summed E-state index contributed by atoms with van der Waals surface area (Å²) in [6.45, 7) is 3.17. The summed E-state index contributed by atoms with van der Waals surface area (Å²) in [5, 5.41) is 2.87. The van der Waals surface area contributed by atoms with E-state index in [2.05, 4.69) is 10.2 Å². The minimum absolute atomic E-state index is 0.0624. The molecule has 0 unspecified atom stereocenters. The van der Waals surface area contributed by atoms with E-state index in [0.717, 1.165) is 18.8 Å². The lowest BCUT2D eigenvalue weighted by Crippen LogP contribution is -2.48. The number of amides is 1. The van der Waals surface area contributed by atoms with Crippen LogP contribution < -0.4 is 10.2 Å². The Morgan fingerprint density at radius 2 is 1.79 bits per heavy atom. The van der Waals surface area contributed by atoms with E-state index in [1.165, 1.54) is 6.26 Å². The van der Waals surface area contributed by atoms with Crippen LogP contribution in [0.4, 0.5) is 5.69 Å². The molecule has 2 aromatic rings. The third-order valence-corrected chi connectivity index (χ3v) is 4.19. The molecule has 6 heteroatoms. The first-order valence-electron chi connectivity index (χ1n) is 8.04. The van der Waals surface area contributed by atoms with Crippen molar-refractivity contribution in [2.24, 2.45) is 0 Å². The van der Waals surface area contributed by atoms with Crippen molar-refractivity contribution in [2.45, 2.75) is 0 Å². The van der Waals surface area contributed by atoms with Crippen molar-refractivity contribution in [2.75, 3.05) is 44.7 Å². The third-order valence-electron chi connectivity index (χ3n) is 4.19. The van der Waals surface area contributed by atoms with Crippen molar-refractivity contribution in [3.63, 3.8) is 0 Å². The van der Waals surface area contributed by atoms with Crippen LogP contribution in [0.2, 0.25) is 0 Å². The van der Waals surface area contributed by atoms with Gasteiger partial charge in [0.05, 0.1) is 12.8 Å². The minimum Gasteiger partial charge on any atom is -0.459 e. The fourth-order valence-corrected chi connectivity index (χ4v) is 2.84. The topological polar surface area (TPSA) is 65.8 Å². The smallest absolute Gasteiger partial charge is 0.289 e. The van der Waals surface area contributed by atoms with Crippen LogP contribution in [0.3, 0.4) is 0 Å². The first-order valence-corrected chi connectivity index (χ1v) is 8.04. The maximum Gasteiger partial charge on any atom is 0.289 e. The maximum absolute atomic E-state index is 12.3. The molecular weight excluding hydrogens is 306 g/mol. The van der Waals surface area contributed by atoms with Gasteiger partial charge in [0.1, 0.15) is 0 Å². The van der Waals surface area contributed by atoms with Gasteiger partial charge < -0.3 is 19.5 Å². The number of hydrogen-bond acceptors (Lipinski definition) is 5. The largest absolute Gasteiger partial charge is 0.459 e. The monoisotopic (exact) mass is 327 g/mol. The molecule has 0 atom stereocenters. The Hall–Kier alpha value is -2.60. The molecular formula is C18H21N3O3. The van der Waals surface area contributed by atoms with Gasteiger partial charge in [-0.1, -0.05) is 0 Å². The van der Waals surface area contributed by atoms with Gasteiger partial charge in [0.25, 0.3) is 5.91 Å². The normalized spacial score (nSPS) is 14.7. The van der Waals surface area contributed by atoms with E-state index in [4.69, 9.17) is 4.42 Å². The molecule has 0 saturated carbocycles. The average Bonchev–Trinajstić information content (AvgIpc) is 3.16. The lowest BCUT2D eigenvalue weighted by atomic mass is 10.1. The van der Waals surface area contributed by atoms with Crippen molar-refractivity contribution in [1.82, 2.24) is 10.2 Å². The highest BCUT2D eigenvalue weighted by Gasteiger charge is 2.23. The first-order chi connectivity index (χ1) is 11.7. The second kappa shape index (κ2) is 7.31. The number of ketones is 1. The molecule has 1 N–H and O–H groups in total. The molecule has 126 valence electrons. The van der Waals surface area contributed by atoms with Crippen molar-refractivity contribution in [1.29, 1.82) is 0 Å². The number of hydrogen-bond donors (Lipinski definition) is 1. The number of piperazine rings is 1. The number of carbonyl (C=O) groups is 2. The number of benzene rings is 1.